The van der Waals surface area contributed by atoms with E-state index in [1.54, 1.807) is 26.8 Å². The van der Waals surface area contributed by atoms with Crippen LogP contribution in [0, 0.1) is 17.0 Å². The third kappa shape index (κ3) is 4.76. The Labute approximate surface area is 145 Å². The standard InChI is InChI=1S/C17H18F2N2O3S/c1-17(2,3)16(22)20-12-5-4-6-13(10-12)21-25(23,24)15-8-7-11(18)9-14(15)19/h4-10,21H,1-3H3,(H,20,22). The minimum atomic E-state index is -4.24. The zero-order valence-electron chi connectivity index (χ0n) is 13.9. The van der Waals surface area contributed by atoms with Crippen molar-refractivity contribution in [3.8, 4) is 0 Å². The first-order valence-corrected chi connectivity index (χ1v) is 8.87. The number of nitrogens with one attached hydrogen (secondary N) is 2. The second-order valence-corrected chi connectivity index (χ2v) is 8.12. The van der Waals surface area contributed by atoms with Crippen LogP contribution < -0.4 is 10.0 Å². The Bertz CT molecular complexity index is 906. The number of sulfonamides is 1. The van der Waals surface area contributed by atoms with Gasteiger partial charge in [0.2, 0.25) is 5.91 Å². The van der Waals surface area contributed by atoms with Crippen molar-refractivity contribution in [1.82, 2.24) is 0 Å². The molecule has 134 valence electrons. The lowest BCUT2D eigenvalue weighted by molar-refractivity contribution is -0.123. The number of anilines is 2. The van der Waals surface area contributed by atoms with E-state index in [1.807, 2.05) is 0 Å². The average Bonchev–Trinajstić information content (AvgIpc) is 2.45. The van der Waals surface area contributed by atoms with Gasteiger partial charge in [-0.05, 0) is 30.3 Å². The van der Waals surface area contributed by atoms with Crippen LogP contribution >= 0.6 is 0 Å². The van der Waals surface area contributed by atoms with Crippen LogP contribution in [-0.4, -0.2) is 14.3 Å². The van der Waals surface area contributed by atoms with Gasteiger partial charge in [-0.3, -0.25) is 9.52 Å². The number of amides is 1. The van der Waals surface area contributed by atoms with Gasteiger partial charge in [0.25, 0.3) is 10.0 Å². The molecule has 8 heteroatoms. The molecule has 2 rings (SSSR count). The number of carbonyl (C=O) groups excluding carboxylic acids is 1. The first-order chi connectivity index (χ1) is 11.5. The van der Waals surface area contributed by atoms with E-state index in [0.29, 0.717) is 11.8 Å². The molecule has 0 atom stereocenters. The van der Waals surface area contributed by atoms with Gasteiger partial charge in [0, 0.05) is 17.2 Å². The van der Waals surface area contributed by atoms with Crippen molar-refractivity contribution >= 4 is 27.3 Å². The van der Waals surface area contributed by atoms with E-state index in [4.69, 9.17) is 0 Å². The summed E-state index contributed by atoms with van der Waals surface area (Å²) in [5.74, 6) is -2.30. The molecule has 0 aliphatic carbocycles. The van der Waals surface area contributed by atoms with Gasteiger partial charge in [-0.25, -0.2) is 17.2 Å². The van der Waals surface area contributed by atoms with Gasteiger partial charge < -0.3 is 5.32 Å². The summed E-state index contributed by atoms with van der Waals surface area (Å²) in [5.41, 5.74) is -0.0950. The van der Waals surface area contributed by atoms with Crippen LogP contribution in [0.15, 0.2) is 47.4 Å². The van der Waals surface area contributed by atoms with Gasteiger partial charge in [0.15, 0.2) is 0 Å². The molecule has 0 heterocycles. The zero-order valence-corrected chi connectivity index (χ0v) is 14.7. The Kier molecular flexibility index (Phi) is 5.12. The Morgan fingerprint density at radius 2 is 1.64 bits per heavy atom. The molecule has 2 N–H and O–H groups in total. The topological polar surface area (TPSA) is 75.3 Å². The monoisotopic (exact) mass is 368 g/mol. The maximum absolute atomic E-state index is 13.7. The van der Waals surface area contributed by atoms with Crippen LogP contribution in [-0.2, 0) is 14.8 Å². The highest BCUT2D eigenvalue weighted by Crippen LogP contribution is 2.23. The molecule has 0 fully saturated rings. The van der Waals surface area contributed by atoms with E-state index >= 15 is 0 Å². The molecule has 2 aromatic rings. The summed E-state index contributed by atoms with van der Waals surface area (Å²) in [6.07, 6.45) is 0. The largest absolute Gasteiger partial charge is 0.326 e. The molecule has 2 aromatic carbocycles. The zero-order chi connectivity index (χ0) is 18.8. The van der Waals surface area contributed by atoms with Crippen LogP contribution in [0.4, 0.5) is 20.2 Å². The van der Waals surface area contributed by atoms with Crippen molar-refractivity contribution in [3.05, 3.63) is 54.1 Å². The van der Waals surface area contributed by atoms with Crippen LogP contribution in [0.25, 0.3) is 0 Å². The van der Waals surface area contributed by atoms with Crippen molar-refractivity contribution in [3.63, 3.8) is 0 Å². The lowest BCUT2D eigenvalue weighted by Crippen LogP contribution is -2.27. The van der Waals surface area contributed by atoms with Gasteiger partial charge in [0.05, 0.1) is 5.69 Å². The van der Waals surface area contributed by atoms with Gasteiger partial charge in [-0.1, -0.05) is 26.8 Å². The molecule has 1 amide bonds. The molecule has 25 heavy (non-hydrogen) atoms. The third-order valence-corrected chi connectivity index (χ3v) is 4.65. The molecule has 0 bridgehead atoms. The number of benzene rings is 2. The minimum Gasteiger partial charge on any atom is -0.326 e. The molecule has 0 radical (unpaired) electrons. The van der Waals surface area contributed by atoms with Crippen LogP contribution in [0.3, 0.4) is 0 Å². The van der Waals surface area contributed by atoms with Crippen molar-refractivity contribution in [2.45, 2.75) is 25.7 Å². The van der Waals surface area contributed by atoms with Gasteiger partial charge in [-0.15, -0.1) is 0 Å². The molecule has 0 aliphatic heterocycles. The molecule has 0 aromatic heterocycles. The number of hydrogen-bond acceptors (Lipinski definition) is 3. The molecule has 0 saturated heterocycles. The summed E-state index contributed by atoms with van der Waals surface area (Å²) in [4.78, 5) is 11.3. The maximum Gasteiger partial charge on any atom is 0.264 e. The molecule has 0 unspecified atom stereocenters. The molecule has 0 saturated carbocycles. The van der Waals surface area contributed by atoms with Crippen molar-refractivity contribution in [2.75, 3.05) is 10.0 Å². The number of halogens is 2. The van der Waals surface area contributed by atoms with Crippen LogP contribution in [0.5, 0.6) is 0 Å². The Balaban J connectivity index is 2.25. The fourth-order valence-corrected chi connectivity index (χ4v) is 2.99. The molecular formula is C17H18F2N2O3S. The van der Waals surface area contributed by atoms with Crippen molar-refractivity contribution in [2.24, 2.45) is 5.41 Å². The van der Waals surface area contributed by atoms with E-state index in [0.717, 1.165) is 12.1 Å². The van der Waals surface area contributed by atoms with Gasteiger partial charge in [-0.2, -0.15) is 0 Å². The third-order valence-electron chi connectivity index (χ3n) is 3.24. The van der Waals surface area contributed by atoms with Crippen molar-refractivity contribution in [1.29, 1.82) is 0 Å². The second kappa shape index (κ2) is 6.79. The lowest BCUT2D eigenvalue weighted by atomic mass is 9.95. The molecule has 0 aliphatic rings. The minimum absolute atomic E-state index is 0.135. The summed E-state index contributed by atoms with van der Waals surface area (Å²) in [6, 6.07) is 8.19. The van der Waals surface area contributed by atoms with Gasteiger partial charge >= 0.3 is 0 Å². The summed E-state index contributed by atoms with van der Waals surface area (Å²) < 4.78 is 53.4. The smallest absolute Gasteiger partial charge is 0.264 e. The lowest BCUT2D eigenvalue weighted by Gasteiger charge is -2.18. The van der Waals surface area contributed by atoms with E-state index < -0.39 is 32.0 Å². The number of rotatable bonds is 4. The quantitative estimate of drug-likeness (QED) is 0.863. The molecule has 5 nitrogen and oxygen atoms in total. The van der Waals surface area contributed by atoms with Crippen LogP contribution in [0.2, 0.25) is 0 Å². The predicted molar refractivity (Wildman–Crippen MR) is 91.7 cm³/mol. The molecular weight excluding hydrogens is 350 g/mol. The normalized spacial score (nSPS) is 11.9. The summed E-state index contributed by atoms with van der Waals surface area (Å²) in [7, 11) is -4.24. The SMILES string of the molecule is CC(C)(C)C(=O)Nc1cccc(NS(=O)(=O)c2ccc(F)cc2F)c1. The fraction of sp³-hybridized carbons (Fsp3) is 0.235. The first-order valence-electron chi connectivity index (χ1n) is 7.38. The first kappa shape index (κ1) is 18.9. The highest BCUT2D eigenvalue weighted by atomic mass is 32.2. The maximum atomic E-state index is 13.7. The van der Waals surface area contributed by atoms with E-state index in [1.165, 1.54) is 18.2 Å². The Morgan fingerprint density at radius 3 is 2.24 bits per heavy atom. The van der Waals surface area contributed by atoms with E-state index in [2.05, 4.69) is 10.0 Å². The Morgan fingerprint density at radius 1 is 1.00 bits per heavy atom. The predicted octanol–water partition coefficient (Wildman–Crippen LogP) is 3.75. The summed E-state index contributed by atoms with van der Waals surface area (Å²) in [5, 5.41) is 2.67. The van der Waals surface area contributed by atoms with Crippen molar-refractivity contribution < 1.29 is 22.0 Å². The Hall–Kier alpha value is -2.48. The fourth-order valence-electron chi connectivity index (χ4n) is 1.88. The van der Waals surface area contributed by atoms with E-state index in [9.17, 15) is 22.0 Å². The van der Waals surface area contributed by atoms with Gasteiger partial charge in [0.1, 0.15) is 16.5 Å². The summed E-state index contributed by atoms with van der Waals surface area (Å²) in [6.45, 7) is 5.23. The molecule has 0 spiro atoms. The summed E-state index contributed by atoms with van der Waals surface area (Å²) >= 11 is 0. The van der Waals surface area contributed by atoms with E-state index in [-0.39, 0.29) is 11.6 Å². The van der Waals surface area contributed by atoms with Crippen LogP contribution in [0.1, 0.15) is 20.8 Å². The highest BCUT2D eigenvalue weighted by molar-refractivity contribution is 7.92. The number of carbonyl (C=O) groups is 1. The second-order valence-electron chi connectivity index (χ2n) is 6.47. The number of hydrogen-bond donors (Lipinski definition) is 2. The highest BCUT2D eigenvalue weighted by Gasteiger charge is 2.22. The average molecular weight is 368 g/mol.